The number of rotatable bonds is 3. The average Bonchev–Trinajstić information content (AvgIpc) is 3.26. The summed E-state index contributed by atoms with van der Waals surface area (Å²) >= 11 is 0. The van der Waals surface area contributed by atoms with Gasteiger partial charge in [-0.05, 0) is 82.6 Å². The van der Waals surface area contributed by atoms with Gasteiger partial charge in [0.1, 0.15) is 11.4 Å². The lowest BCUT2D eigenvalue weighted by Gasteiger charge is -2.23. The van der Waals surface area contributed by atoms with E-state index in [1.165, 1.54) is 11.1 Å². The SMILES string of the molecule is CC(C)(C)c1cc(-c2cc(C(C)(C)C)ccn2)cc(-n2c3ccccc3c3ccc(-c4ccccc4O)nc32)c1. The molecule has 0 fully saturated rings. The summed E-state index contributed by atoms with van der Waals surface area (Å²) in [5, 5.41) is 12.8. The van der Waals surface area contributed by atoms with Crippen molar-refractivity contribution in [2.75, 3.05) is 0 Å². The van der Waals surface area contributed by atoms with Gasteiger partial charge in [-0.2, -0.15) is 0 Å². The number of pyridine rings is 2. The predicted octanol–water partition coefficient (Wildman–Crippen LogP) is 9.21. The van der Waals surface area contributed by atoms with Crippen LogP contribution in [0.2, 0.25) is 0 Å². The molecule has 40 heavy (non-hydrogen) atoms. The second kappa shape index (κ2) is 9.34. The summed E-state index contributed by atoms with van der Waals surface area (Å²) in [5.41, 5.74) is 8.92. The van der Waals surface area contributed by atoms with Gasteiger partial charge in [-0.15, -0.1) is 0 Å². The maximum absolute atomic E-state index is 10.6. The van der Waals surface area contributed by atoms with E-state index >= 15 is 0 Å². The number of nitrogens with zero attached hydrogens (tertiary/aromatic N) is 3. The highest BCUT2D eigenvalue weighted by Gasteiger charge is 2.21. The van der Waals surface area contributed by atoms with Crippen molar-refractivity contribution in [1.82, 2.24) is 14.5 Å². The van der Waals surface area contributed by atoms with Crippen LogP contribution in [0, 0.1) is 0 Å². The summed E-state index contributed by atoms with van der Waals surface area (Å²) in [6, 6.07) is 31.0. The standard InChI is InChI=1S/C36H35N3O/c1-35(2,3)24-17-18-37-31(22-24)23-19-25(36(4,5)6)21-26(20-23)39-32-13-9-7-11-27(32)28-15-16-30(38-34(28)39)29-12-8-10-14-33(29)40/h7-22,40H,1-6H3. The number of fused-ring (bicyclic) bond motifs is 3. The number of para-hydroxylation sites is 2. The molecule has 6 aromatic rings. The molecule has 0 radical (unpaired) electrons. The van der Waals surface area contributed by atoms with Crippen LogP contribution in [0.25, 0.3) is 50.1 Å². The molecule has 3 aromatic carbocycles. The van der Waals surface area contributed by atoms with Crippen LogP contribution in [-0.4, -0.2) is 19.6 Å². The highest BCUT2D eigenvalue weighted by atomic mass is 16.3. The van der Waals surface area contributed by atoms with E-state index in [0.717, 1.165) is 44.6 Å². The number of hydrogen-bond acceptors (Lipinski definition) is 3. The van der Waals surface area contributed by atoms with Gasteiger partial charge in [-0.3, -0.25) is 9.55 Å². The first-order valence-corrected chi connectivity index (χ1v) is 13.8. The minimum absolute atomic E-state index is 0.0261. The van der Waals surface area contributed by atoms with Gasteiger partial charge in [-0.25, -0.2) is 4.98 Å². The van der Waals surface area contributed by atoms with Gasteiger partial charge < -0.3 is 5.11 Å². The Kier molecular flexibility index (Phi) is 6.03. The van der Waals surface area contributed by atoms with Crippen LogP contribution in [0.5, 0.6) is 5.75 Å². The Labute approximate surface area is 236 Å². The molecule has 0 amide bonds. The first-order valence-electron chi connectivity index (χ1n) is 13.8. The lowest BCUT2D eigenvalue weighted by molar-refractivity contribution is 0.477. The molecule has 0 spiro atoms. The Morgan fingerprint density at radius 1 is 0.650 bits per heavy atom. The fraction of sp³-hybridized carbons (Fsp3) is 0.222. The Morgan fingerprint density at radius 2 is 1.38 bits per heavy atom. The fourth-order valence-electron chi connectivity index (χ4n) is 5.32. The second-order valence-corrected chi connectivity index (χ2v) is 12.6. The molecule has 0 unspecified atom stereocenters. The van der Waals surface area contributed by atoms with E-state index in [1.54, 1.807) is 6.07 Å². The Hall–Kier alpha value is -4.44. The Morgan fingerprint density at radius 3 is 2.12 bits per heavy atom. The first kappa shape index (κ1) is 25.8. The molecule has 0 aliphatic rings. The maximum Gasteiger partial charge on any atom is 0.146 e. The first-order chi connectivity index (χ1) is 19.0. The second-order valence-electron chi connectivity index (χ2n) is 12.6. The summed E-state index contributed by atoms with van der Waals surface area (Å²) in [4.78, 5) is 9.95. The van der Waals surface area contributed by atoms with Gasteiger partial charge in [0.25, 0.3) is 0 Å². The van der Waals surface area contributed by atoms with Gasteiger partial charge in [0.15, 0.2) is 0 Å². The Bertz CT molecular complexity index is 1880. The molecular formula is C36H35N3O. The molecule has 0 saturated heterocycles. The molecule has 3 heterocycles. The minimum Gasteiger partial charge on any atom is -0.507 e. The maximum atomic E-state index is 10.6. The molecular weight excluding hydrogens is 490 g/mol. The molecule has 0 bridgehead atoms. The molecule has 1 N–H and O–H groups in total. The summed E-state index contributed by atoms with van der Waals surface area (Å²) in [5.74, 6) is 0.221. The largest absolute Gasteiger partial charge is 0.507 e. The van der Waals surface area contributed by atoms with Crippen LogP contribution in [-0.2, 0) is 10.8 Å². The van der Waals surface area contributed by atoms with Crippen LogP contribution >= 0.6 is 0 Å². The van der Waals surface area contributed by atoms with Crippen molar-refractivity contribution in [3.05, 3.63) is 108 Å². The molecule has 3 aromatic heterocycles. The minimum atomic E-state index is -0.0699. The van der Waals surface area contributed by atoms with Gasteiger partial charge in [0.2, 0.25) is 0 Å². The molecule has 0 atom stereocenters. The lowest BCUT2D eigenvalue weighted by atomic mass is 9.84. The number of benzene rings is 3. The molecule has 0 aliphatic carbocycles. The zero-order valence-corrected chi connectivity index (χ0v) is 24.0. The van der Waals surface area contributed by atoms with Crippen molar-refractivity contribution >= 4 is 21.9 Å². The van der Waals surface area contributed by atoms with Crippen molar-refractivity contribution in [3.63, 3.8) is 0 Å². The zero-order chi connectivity index (χ0) is 28.2. The lowest BCUT2D eigenvalue weighted by Crippen LogP contribution is -2.13. The van der Waals surface area contributed by atoms with E-state index in [2.05, 4.69) is 107 Å². The van der Waals surface area contributed by atoms with Gasteiger partial charge >= 0.3 is 0 Å². The summed E-state index contributed by atoms with van der Waals surface area (Å²) < 4.78 is 2.25. The molecule has 0 saturated carbocycles. The molecule has 200 valence electrons. The predicted molar refractivity (Wildman–Crippen MR) is 166 cm³/mol. The summed E-state index contributed by atoms with van der Waals surface area (Å²) in [6.45, 7) is 13.4. The van der Waals surface area contributed by atoms with Crippen molar-refractivity contribution in [3.8, 4) is 34.0 Å². The molecule has 4 heteroatoms. The van der Waals surface area contributed by atoms with E-state index in [-0.39, 0.29) is 16.6 Å². The van der Waals surface area contributed by atoms with Gasteiger partial charge in [0, 0.05) is 33.8 Å². The Balaban J connectivity index is 1.66. The van der Waals surface area contributed by atoms with Crippen LogP contribution in [0.15, 0.2) is 97.2 Å². The van der Waals surface area contributed by atoms with E-state index in [1.807, 2.05) is 30.5 Å². The highest BCUT2D eigenvalue weighted by Crippen LogP contribution is 2.37. The molecule has 0 aliphatic heterocycles. The average molecular weight is 526 g/mol. The molecule has 4 nitrogen and oxygen atoms in total. The fourth-order valence-corrected chi connectivity index (χ4v) is 5.32. The third-order valence-corrected chi connectivity index (χ3v) is 7.67. The third-order valence-electron chi connectivity index (χ3n) is 7.67. The van der Waals surface area contributed by atoms with Crippen LogP contribution in [0.4, 0.5) is 0 Å². The van der Waals surface area contributed by atoms with E-state index < -0.39 is 0 Å². The van der Waals surface area contributed by atoms with Crippen LogP contribution < -0.4 is 0 Å². The number of phenols is 1. The van der Waals surface area contributed by atoms with Gasteiger partial charge in [0.05, 0.1) is 16.9 Å². The number of hydrogen-bond donors (Lipinski definition) is 1. The van der Waals surface area contributed by atoms with Gasteiger partial charge in [-0.1, -0.05) is 71.9 Å². The number of aromatic nitrogens is 3. The van der Waals surface area contributed by atoms with Crippen molar-refractivity contribution in [2.24, 2.45) is 0 Å². The van der Waals surface area contributed by atoms with Crippen molar-refractivity contribution < 1.29 is 5.11 Å². The zero-order valence-electron chi connectivity index (χ0n) is 24.0. The van der Waals surface area contributed by atoms with Crippen LogP contribution in [0.3, 0.4) is 0 Å². The van der Waals surface area contributed by atoms with Crippen molar-refractivity contribution in [2.45, 2.75) is 52.4 Å². The quantitative estimate of drug-likeness (QED) is 0.250. The summed E-state index contributed by atoms with van der Waals surface area (Å²) in [6.07, 6.45) is 1.92. The van der Waals surface area contributed by atoms with Crippen LogP contribution in [0.1, 0.15) is 52.7 Å². The van der Waals surface area contributed by atoms with E-state index in [4.69, 9.17) is 9.97 Å². The normalized spacial score (nSPS) is 12.3. The van der Waals surface area contributed by atoms with E-state index in [9.17, 15) is 5.11 Å². The smallest absolute Gasteiger partial charge is 0.146 e. The van der Waals surface area contributed by atoms with E-state index in [0.29, 0.717) is 5.56 Å². The summed E-state index contributed by atoms with van der Waals surface area (Å²) in [7, 11) is 0. The number of aromatic hydroxyl groups is 1. The monoisotopic (exact) mass is 525 g/mol. The molecule has 6 rings (SSSR count). The van der Waals surface area contributed by atoms with Crippen molar-refractivity contribution in [1.29, 1.82) is 0 Å². The number of phenolic OH excluding ortho intramolecular Hbond substituents is 1. The third kappa shape index (κ3) is 4.54. The highest BCUT2D eigenvalue weighted by molar-refractivity contribution is 6.08. The topological polar surface area (TPSA) is 50.9 Å².